The molecule has 1 fully saturated rings. The fraction of sp³-hybridized carbons (Fsp3) is 0.417. The normalized spacial score (nSPS) is 21.5. The number of anilines is 1. The van der Waals surface area contributed by atoms with E-state index in [9.17, 15) is 14.9 Å². The highest BCUT2D eigenvalue weighted by Crippen LogP contribution is 2.33. The molecule has 2 aromatic rings. The molecule has 9 heteroatoms. The molecule has 1 saturated carbocycles. The topological polar surface area (TPSA) is 131 Å². The van der Waals surface area contributed by atoms with Crippen molar-refractivity contribution in [2.45, 2.75) is 25.3 Å². The lowest BCUT2D eigenvalue weighted by Gasteiger charge is -2.13. The molecule has 0 bridgehead atoms. The summed E-state index contributed by atoms with van der Waals surface area (Å²) >= 11 is 0. The van der Waals surface area contributed by atoms with E-state index >= 15 is 0 Å². The molecule has 1 aliphatic rings. The number of aliphatic carboxylic acids is 1. The molecule has 0 radical (unpaired) electrons. The zero-order valence-corrected chi connectivity index (χ0v) is 10.9. The predicted molar refractivity (Wildman–Crippen MR) is 70.8 cm³/mol. The summed E-state index contributed by atoms with van der Waals surface area (Å²) in [5.41, 5.74) is 0.750. The minimum Gasteiger partial charge on any atom is -0.481 e. The maximum absolute atomic E-state index is 11.0. The number of nitrogens with zero attached hydrogens (tertiary/aromatic N) is 3. The first-order valence-electron chi connectivity index (χ1n) is 6.45. The maximum atomic E-state index is 11.0. The van der Waals surface area contributed by atoms with Crippen molar-refractivity contribution >= 4 is 28.4 Å². The van der Waals surface area contributed by atoms with E-state index < -0.39 is 10.9 Å². The van der Waals surface area contributed by atoms with Crippen molar-refractivity contribution in [2.75, 3.05) is 5.32 Å². The van der Waals surface area contributed by atoms with Crippen LogP contribution in [0.15, 0.2) is 16.8 Å². The van der Waals surface area contributed by atoms with Gasteiger partial charge in [-0.25, -0.2) is 4.63 Å². The first-order chi connectivity index (χ1) is 10.1. The van der Waals surface area contributed by atoms with Crippen LogP contribution in [0.2, 0.25) is 0 Å². The van der Waals surface area contributed by atoms with Crippen molar-refractivity contribution in [3.8, 4) is 0 Å². The van der Waals surface area contributed by atoms with Crippen molar-refractivity contribution in [1.82, 2.24) is 10.3 Å². The second-order valence-electron chi connectivity index (χ2n) is 5.04. The standard InChI is InChI=1S/C12H12N4O5/c17-12(18)6-1-2-7(5-6)13-8-3-4-9(16(19)20)11-10(8)14-21-15-11/h3-4,6-7,13H,1-2,5H2,(H,17,18). The fourth-order valence-corrected chi connectivity index (χ4v) is 2.67. The molecule has 21 heavy (non-hydrogen) atoms. The van der Waals surface area contributed by atoms with Gasteiger partial charge in [0, 0.05) is 12.1 Å². The van der Waals surface area contributed by atoms with Crippen LogP contribution in [0.1, 0.15) is 19.3 Å². The number of aromatic nitrogens is 2. The van der Waals surface area contributed by atoms with Crippen molar-refractivity contribution in [3.63, 3.8) is 0 Å². The summed E-state index contributed by atoms with van der Waals surface area (Å²) in [6, 6.07) is 2.87. The first-order valence-corrected chi connectivity index (χ1v) is 6.45. The fourth-order valence-electron chi connectivity index (χ4n) is 2.67. The van der Waals surface area contributed by atoms with Crippen LogP contribution in [0, 0.1) is 16.0 Å². The minimum absolute atomic E-state index is 0.00699. The highest BCUT2D eigenvalue weighted by molar-refractivity contribution is 5.93. The molecule has 1 heterocycles. The maximum Gasteiger partial charge on any atom is 0.306 e. The van der Waals surface area contributed by atoms with Gasteiger partial charge in [0.25, 0.3) is 0 Å². The first kappa shape index (κ1) is 13.3. The van der Waals surface area contributed by atoms with Crippen LogP contribution in [0.4, 0.5) is 11.4 Å². The van der Waals surface area contributed by atoms with E-state index in [1.54, 1.807) is 6.07 Å². The number of nitro benzene ring substituents is 1. The van der Waals surface area contributed by atoms with Gasteiger partial charge < -0.3 is 10.4 Å². The minimum atomic E-state index is -0.795. The van der Waals surface area contributed by atoms with Crippen LogP contribution >= 0.6 is 0 Å². The van der Waals surface area contributed by atoms with Gasteiger partial charge in [0.1, 0.15) is 0 Å². The Kier molecular flexibility index (Phi) is 3.16. The second-order valence-corrected chi connectivity index (χ2v) is 5.04. The van der Waals surface area contributed by atoms with Crippen molar-refractivity contribution in [2.24, 2.45) is 5.92 Å². The molecule has 1 aromatic heterocycles. The van der Waals surface area contributed by atoms with Crippen molar-refractivity contribution < 1.29 is 19.5 Å². The van der Waals surface area contributed by atoms with Gasteiger partial charge in [-0.2, -0.15) is 0 Å². The lowest BCUT2D eigenvalue weighted by Crippen LogP contribution is -2.18. The lowest BCUT2D eigenvalue weighted by molar-refractivity contribution is -0.383. The van der Waals surface area contributed by atoms with Crippen LogP contribution in [-0.4, -0.2) is 32.4 Å². The Morgan fingerprint density at radius 3 is 2.81 bits per heavy atom. The molecular formula is C12H12N4O5. The number of nitrogens with one attached hydrogen (secondary N) is 1. The molecule has 2 atom stereocenters. The number of fused-ring (bicyclic) bond motifs is 1. The molecule has 0 amide bonds. The zero-order chi connectivity index (χ0) is 15.0. The third-order valence-electron chi connectivity index (χ3n) is 3.73. The molecular weight excluding hydrogens is 280 g/mol. The summed E-state index contributed by atoms with van der Waals surface area (Å²) in [5, 5.41) is 30.3. The number of benzene rings is 1. The van der Waals surface area contributed by atoms with Gasteiger partial charge >= 0.3 is 11.7 Å². The number of carboxylic acids is 1. The van der Waals surface area contributed by atoms with Crippen LogP contribution in [-0.2, 0) is 4.79 Å². The molecule has 110 valence electrons. The highest BCUT2D eigenvalue weighted by Gasteiger charge is 2.30. The highest BCUT2D eigenvalue weighted by atomic mass is 16.6. The van der Waals surface area contributed by atoms with Gasteiger partial charge in [0.15, 0.2) is 5.52 Å². The summed E-state index contributed by atoms with van der Waals surface area (Å²) < 4.78 is 4.58. The Bertz CT molecular complexity index is 713. The number of hydrogen-bond donors (Lipinski definition) is 2. The van der Waals surface area contributed by atoms with E-state index in [4.69, 9.17) is 5.11 Å². The molecule has 3 rings (SSSR count). The third-order valence-corrected chi connectivity index (χ3v) is 3.73. The zero-order valence-electron chi connectivity index (χ0n) is 10.9. The Balaban J connectivity index is 1.86. The van der Waals surface area contributed by atoms with Crippen LogP contribution in [0.25, 0.3) is 11.0 Å². The van der Waals surface area contributed by atoms with Crippen molar-refractivity contribution in [3.05, 3.63) is 22.2 Å². The average molecular weight is 292 g/mol. The van der Waals surface area contributed by atoms with Gasteiger partial charge in [-0.3, -0.25) is 14.9 Å². The van der Waals surface area contributed by atoms with Gasteiger partial charge in [0.05, 0.1) is 16.5 Å². The van der Waals surface area contributed by atoms with E-state index in [0.29, 0.717) is 18.5 Å². The summed E-state index contributed by atoms with van der Waals surface area (Å²) in [5.74, 6) is -1.15. The molecule has 9 nitrogen and oxygen atoms in total. The van der Waals surface area contributed by atoms with Crippen LogP contribution < -0.4 is 5.32 Å². The van der Waals surface area contributed by atoms with Gasteiger partial charge in [-0.05, 0) is 35.6 Å². The van der Waals surface area contributed by atoms with Crippen molar-refractivity contribution in [1.29, 1.82) is 0 Å². The number of carbonyl (C=O) groups is 1. The number of carboxylic acid groups (broad SMARTS) is 1. The third kappa shape index (κ3) is 2.37. The van der Waals surface area contributed by atoms with Crippen LogP contribution in [0.5, 0.6) is 0 Å². The monoisotopic (exact) mass is 292 g/mol. The number of non-ortho nitro benzene ring substituents is 1. The lowest BCUT2D eigenvalue weighted by atomic mass is 10.1. The smallest absolute Gasteiger partial charge is 0.306 e. The summed E-state index contributed by atoms with van der Waals surface area (Å²) in [7, 11) is 0. The molecule has 0 aliphatic heterocycles. The van der Waals surface area contributed by atoms with Gasteiger partial charge in [0.2, 0.25) is 5.52 Å². The Hall–Kier alpha value is -2.71. The average Bonchev–Trinajstić information content (AvgIpc) is 3.06. The van der Waals surface area contributed by atoms with Crippen LogP contribution in [0.3, 0.4) is 0 Å². The number of hydrogen-bond acceptors (Lipinski definition) is 7. The largest absolute Gasteiger partial charge is 0.481 e. The molecule has 2 unspecified atom stereocenters. The summed E-state index contributed by atoms with van der Waals surface area (Å²) in [6.45, 7) is 0. The molecule has 1 aromatic carbocycles. The van der Waals surface area contributed by atoms with E-state index in [-0.39, 0.29) is 28.7 Å². The SMILES string of the molecule is O=C(O)C1CCC(Nc2ccc([N+](=O)[O-])c3nonc23)C1. The molecule has 1 aliphatic carbocycles. The quantitative estimate of drug-likeness (QED) is 0.644. The summed E-state index contributed by atoms with van der Waals surface area (Å²) in [6.07, 6.45) is 1.85. The number of rotatable bonds is 4. The molecule has 0 spiro atoms. The number of nitro groups is 1. The molecule has 0 saturated heterocycles. The van der Waals surface area contributed by atoms with E-state index in [1.807, 2.05) is 0 Å². The Morgan fingerprint density at radius 1 is 1.38 bits per heavy atom. The van der Waals surface area contributed by atoms with E-state index in [2.05, 4.69) is 20.3 Å². The predicted octanol–water partition coefficient (Wildman–Crippen LogP) is 1.80. The van der Waals surface area contributed by atoms with Gasteiger partial charge in [-0.15, -0.1) is 0 Å². The molecule has 2 N–H and O–H groups in total. The Labute approximate surface area is 118 Å². The summed E-state index contributed by atoms with van der Waals surface area (Å²) in [4.78, 5) is 21.3. The second kappa shape index (κ2) is 5.00. The Morgan fingerprint density at radius 2 is 2.14 bits per heavy atom. The van der Waals surface area contributed by atoms with Gasteiger partial charge in [-0.1, -0.05) is 0 Å². The van der Waals surface area contributed by atoms with E-state index in [0.717, 1.165) is 6.42 Å². The van der Waals surface area contributed by atoms with E-state index in [1.165, 1.54) is 6.07 Å².